The van der Waals surface area contributed by atoms with Crippen molar-refractivity contribution in [3.05, 3.63) is 47.0 Å². The molecule has 0 unspecified atom stereocenters. The molecule has 0 saturated carbocycles. The molecule has 26 heavy (non-hydrogen) atoms. The van der Waals surface area contributed by atoms with Gasteiger partial charge in [-0.05, 0) is 46.1 Å². The van der Waals surface area contributed by atoms with Gasteiger partial charge < -0.3 is 0 Å². The van der Waals surface area contributed by atoms with Crippen LogP contribution in [0.4, 0.5) is 0 Å². The van der Waals surface area contributed by atoms with Crippen molar-refractivity contribution >= 4 is 45.5 Å². The van der Waals surface area contributed by atoms with Crippen molar-refractivity contribution in [3.8, 4) is 0 Å². The van der Waals surface area contributed by atoms with Gasteiger partial charge in [-0.2, -0.15) is 17.5 Å². The molecule has 0 atom stereocenters. The van der Waals surface area contributed by atoms with Gasteiger partial charge in [-0.3, -0.25) is 0 Å². The Hall–Kier alpha value is -1.92. The van der Waals surface area contributed by atoms with E-state index in [9.17, 15) is 0 Å². The summed E-state index contributed by atoms with van der Waals surface area (Å²) in [6.45, 7) is 11.3. The molecule has 6 heteroatoms. The summed E-state index contributed by atoms with van der Waals surface area (Å²) in [5.74, 6) is 0. The van der Waals surface area contributed by atoms with Crippen LogP contribution in [0, 0.1) is 0 Å². The van der Waals surface area contributed by atoms with Gasteiger partial charge in [0, 0.05) is 0 Å². The van der Waals surface area contributed by atoms with E-state index in [4.69, 9.17) is 0 Å². The minimum atomic E-state index is -0.0810. The van der Waals surface area contributed by atoms with Gasteiger partial charge in [0.1, 0.15) is 22.1 Å². The molecule has 4 nitrogen and oxygen atoms in total. The molecule has 0 bridgehead atoms. The third-order valence-electron chi connectivity index (χ3n) is 4.95. The zero-order chi connectivity index (χ0) is 18.5. The van der Waals surface area contributed by atoms with Crippen molar-refractivity contribution in [2.24, 2.45) is 0 Å². The van der Waals surface area contributed by atoms with Gasteiger partial charge in [0.05, 0.1) is 23.5 Å². The Bertz CT molecular complexity index is 1090. The van der Waals surface area contributed by atoms with Gasteiger partial charge in [-0.15, -0.1) is 0 Å². The average molecular weight is 383 g/mol. The van der Waals surface area contributed by atoms with E-state index in [-0.39, 0.29) is 10.8 Å². The number of fused-ring (bicyclic) bond motifs is 2. The molecule has 0 amide bonds. The third kappa shape index (κ3) is 3.01. The first-order valence-electron chi connectivity index (χ1n) is 8.73. The summed E-state index contributed by atoms with van der Waals surface area (Å²) in [6, 6.07) is 10.8. The quantitative estimate of drug-likeness (QED) is 0.468. The van der Waals surface area contributed by atoms with Crippen LogP contribution < -0.4 is 0 Å². The van der Waals surface area contributed by atoms with Gasteiger partial charge >= 0.3 is 0 Å². The zero-order valence-electron chi connectivity index (χ0n) is 15.7. The standard InChI is InChI=1S/C20H22N4S2/c1-19(2,3)13-9-12(17-16(10-13)22-26-23-17)11-20(4,5)14-7-6-8-15-18(14)24-25-21-15/h6-10H,11H2,1-5H3. The zero-order valence-corrected chi connectivity index (χ0v) is 17.3. The number of benzene rings is 2. The minimum Gasteiger partial charge on any atom is -0.173 e. The smallest absolute Gasteiger partial charge is 0.108 e. The van der Waals surface area contributed by atoms with E-state index in [1.807, 2.05) is 6.07 Å². The number of hydrogen-bond donors (Lipinski definition) is 0. The van der Waals surface area contributed by atoms with Gasteiger partial charge in [-0.1, -0.05) is 52.8 Å². The lowest BCUT2D eigenvalue weighted by molar-refractivity contribution is 0.525. The van der Waals surface area contributed by atoms with Crippen LogP contribution in [-0.2, 0) is 17.3 Å². The molecule has 0 N–H and O–H groups in total. The maximum absolute atomic E-state index is 4.58. The normalized spacial score (nSPS) is 13.0. The Balaban J connectivity index is 1.83. The Morgan fingerprint density at radius 3 is 2.23 bits per heavy atom. The number of hydrogen-bond acceptors (Lipinski definition) is 6. The minimum absolute atomic E-state index is 0.0789. The molecule has 2 heterocycles. The molecule has 4 aromatic rings. The summed E-state index contributed by atoms with van der Waals surface area (Å²) in [6.07, 6.45) is 0.884. The van der Waals surface area contributed by atoms with E-state index >= 15 is 0 Å². The maximum atomic E-state index is 4.58. The molecule has 2 aromatic heterocycles. The molecule has 0 fully saturated rings. The first kappa shape index (κ1) is 17.5. The van der Waals surface area contributed by atoms with E-state index in [0.717, 1.165) is 28.5 Å². The predicted octanol–water partition coefficient (Wildman–Crippen LogP) is 5.51. The highest BCUT2D eigenvalue weighted by atomic mass is 32.1. The highest BCUT2D eigenvalue weighted by Crippen LogP contribution is 2.36. The van der Waals surface area contributed by atoms with Crippen LogP contribution in [0.3, 0.4) is 0 Å². The lowest BCUT2D eigenvalue weighted by atomic mass is 9.77. The Morgan fingerprint density at radius 1 is 0.808 bits per heavy atom. The van der Waals surface area contributed by atoms with Crippen LogP contribution in [0.1, 0.15) is 51.3 Å². The van der Waals surface area contributed by atoms with Crippen molar-refractivity contribution < 1.29 is 0 Å². The summed E-state index contributed by atoms with van der Waals surface area (Å²) in [4.78, 5) is 0. The largest absolute Gasteiger partial charge is 0.173 e. The monoisotopic (exact) mass is 382 g/mol. The van der Waals surface area contributed by atoms with Gasteiger partial charge in [0.15, 0.2) is 0 Å². The number of rotatable bonds is 3. The second-order valence-corrected chi connectivity index (χ2v) is 9.57. The number of aromatic nitrogens is 4. The van der Waals surface area contributed by atoms with Crippen molar-refractivity contribution in [2.75, 3.05) is 0 Å². The van der Waals surface area contributed by atoms with Crippen LogP contribution in [0.15, 0.2) is 30.3 Å². The van der Waals surface area contributed by atoms with Crippen molar-refractivity contribution in [1.82, 2.24) is 17.5 Å². The van der Waals surface area contributed by atoms with Gasteiger partial charge in [0.2, 0.25) is 0 Å². The Labute approximate surface area is 161 Å². The van der Waals surface area contributed by atoms with E-state index < -0.39 is 0 Å². The summed E-state index contributed by atoms with van der Waals surface area (Å²) >= 11 is 2.57. The van der Waals surface area contributed by atoms with Crippen molar-refractivity contribution in [2.45, 2.75) is 51.9 Å². The molecular weight excluding hydrogens is 360 g/mol. The summed E-state index contributed by atoms with van der Waals surface area (Å²) in [7, 11) is 0. The van der Waals surface area contributed by atoms with E-state index in [0.29, 0.717) is 0 Å². The average Bonchev–Trinajstić information content (AvgIpc) is 3.21. The first-order valence-corrected chi connectivity index (χ1v) is 10.2. The molecule has 2 aromatic carbocycles. The first-order chi connectivity index (χ1) is 12.3. The summed E-state index contributed by atoms with van der Waals surface area (Å²) in [5.41, 5.74) is 7.82. The second kappa shape index (κ2) is 6.06. The second-order valence-electron chi connectivity index (χ2n) is 8.52. The van der Waals surface area contributed by atoms with Gasteiger partial charge in [0.25, 0.3) is 0 Å². The fourth-order valence-corrected chi connectivity index (χ4v) is 4.56. The van der Waals surface area contributed by atoms with Crippen LogP contribution in [0.2, 0.25) is 0 Å². The topological polar surface area (TPSA) is 51.6 Å². The highest BCUT2D eigenvalue weighted by Gasteiger charge is 2.27. The molecular formula is C20H22N4S2. The van der Waals surface area contributed by atoms with E-state index in [1.54, 1.807) is 0 Å². The number of nitrogens with zero attached hydrogens (tertiary/aromatic N) is 4. The molecule has 0 saturated heterocycles. The summed E-state index contributed by atoms with van der Waals surface area (Å²) < 4.78 is 18.0. The Kier molecular flexibility index (Phi) is 4.08. The maximum Gasteiger partial charge on any atom is 0.108 e. The molecule has 0 aliphatic rings. The molecule has 0 spiro atoms. The van der Waals surface area contributed by atoms with Crippen LogP contribution in [0.25, 0.3) is 22.1 Å². The fraction of sp³-hybridized carbons (Fsp3) is 0.400. The van der Waals surface area contributed by atoms with Crippen molar-refractivity contribution in [3.63, 3.8) is 0 Å². The van der Waals surface area contributed by atoms with Crippen LogP contribution in [-0.4, -0.2) is 17.5 Å². The van der Waals surface area contributed by atoms with Gasteiger partial charge in [-0.25, -0.2) is 0 Å². The predicted molar refractivity (Wildman–Crippen MR) is 110 cm³/mol. The molecule has 0 aliphatic carbocycles. The van der Waals surface area contributed by atoms with E-state index in [2.05, 4.69) is 76.4 Å². The lowest BCUT2D eigenvalue weighted by Gasteiger charge is -2.27. The molecule has 134 valence electrons. The summed E-state index contributed by atoms with van der Waals surface area (Å²) in [5, 5.41) is 0. The van der Waals surface area contributed by atoms with Crippen LogP contribution >= 0.6 is 23.5 Å². The highest BCUT2D eigenvalue weighted by molar-refractivity contribution is 7.00. The SMILES string of the molecule is CC(C)(C)c1cc(CC(C)(C)c2cccc3nsnc23)c2nsnc2c1. The fourth-order valence-electron chi connectivity index (χ4n) is 3.45. The molecule has 4 rings (SSSR count). The molecule has 0 radical (unpaired) electrons. The van der Waals surface area contributed by atoms with Crippen LogP contribution in [0.5, 0.6) is 0 Å². The third-order valence-corrected chi connectivity index (χ3v) is 6.04. The van der Waals surface area contributed by atoms with E-state index in [1.165, 1.54) is 40.1 Å². The van der Waals surface area contributed by atoms with Crippen molar-refractivity contribution in [1.29, 1.82) is 0 Å². The lowest BCUT2D eigenvalue weighted by Crippen LogP contribution is -2.22. The molecule has 0 aliphatic heterocycles. The Morgan fingerprint density at radius 2 is 1.50 bits per heavy atom.